The summed E-state index contributed by atoms with van der Waals surface area (Å²) >= 11 is 6.12. The minimum atomic E-state index is -0.788. The molecule has 6 heteroatoms. The molecular formula is C13H22ClN3OS. The predicted molar refractivity (Wildman–Crippen MR) is 82.5 cm³/mol. The second kappa shape index (κ2) is 7.20. The quantitative estimate of drug-likeness (QED) is 0.820. The Morgan fingerprint density at radius 1 is 1.32 bits per heavy atom. The van der Waals surface area contributed by atoms with E-state index in [9.17, 15) is 4.21 Å². The zero-order valence-electron chi connectivity index (χ0n) is 12.2. The highest BCUT2D eigenvalue weighted by atomic mass is 35.5. The van der Waals surface area contributed by atoms with Crippen LogP contribution in [-0.2, 0) is 10.8 Å². The molecule has 0 aliphatic carbocycles. The summed E-state index contributed by atoms with van der Waals surface area (Å²) in [5.74, 6) is 1.75. The van der Waals surface area contributed by atoms with Gasteiger partial charge in [-0.15, -0.1) is 0 Å². The highest BCUT2D eigenvalue weighted by Gasteiger charge is 2.12. The Bertz CT molecular complexity index is 465. The molecule has 2 atom stereocenters. The van der Waals surface area contributed by atoms with Crippen LogP contribution < -0.4 is 5.32 Å². The summed E-state index contributed by atoms with van der Waals surface area (Å²) in [6.45, 7) is 8.68. The maximum absolute atomic E-state index is 11.3. The first-order chi connectivity index (χ1) is 8.82. The second-order valence-electron chi connectivity index (χ2n) is 5.03. The Labute approximate surface area is 122 Å². The molecule has 0 radical (unpaired) electrons. The normalized spacial score (nSPS) is 14.5. The first kappa shape index (κ1) is 16.4. The van der Waals surface area contributed by atoms with Gasteiger partial charge in [0.05, 0.1) is 0 Å². The summed E-state index contributed by atoms with van der Waals surface area (Å²) in [7, 11) is -0.788. The van der Waals surface area contributed by atoms with Crippen LogP contribution >= 0.6 is 11.6 Å². The third-order valence-corrected chi connectivity index (χ3v) is 4.77. The fourth-order valence-corrected chi connectivity index (χ4v) is 2.12. The number of hydrogen-bond acceptors (Lipinski definition) is 4. The molecule has 1 aromatic heterocycles. The number of nitrogens with zero attached hydrogens (tertiary/aromatic N) is 2. The van der Waals surface area contributed by atoms with Crippen LogP contribution in [0.25, 0.3) is 0 Å². The van der Waals surface area contributed by atoms with Crippen LogP contribution in [0.3, 0.4) is 0 Å². The highest BCUT2D eigenvalue weighted by molar-refractivity contribution is 7.84. The van der Waals surface area contributed by atoms with E-state index in [4.69, 9.17) is 11.6 Å². The van der Waals surface area contributed by atoms with E-state index in [0.717, 1.165) is 30.2 Å². The summed E-state index contributed by atoms with van der Waals surface area (Å²) in [4.78, 5) is 8.76. The van der Waals surface area contributed by atoms with Crippen molar-refractivity contribution in [2.45, 2.75) is 45.3 Å². The van der Waals surface area contributed by atoms with E-state index in [1.807, 2.05) is 27.7 Å². The molecule has 0 aliphatic heterocycles. The lowest BCUT2D eigenvalue weighted by atomic mass is 10.2. The highest BCUT2D eigenvalue weighted by Crippen LogP contribution is 2.22. The van der Waals surface area contributed by atoms with Crippen molar-refractivity contribution in [2.75, 3.05) is 18.1 Å². The van der Waals surface area contributed by atoms with Gasteiger partial charge in [0, 0.05) is 40.3 Å². The molecule has 0 aromatic carbocycles. The maximum atomic E-state index is 11.3. The Hall–Kier alpha value is -0.680. The Morgan fingerprint density at radius 2 is 1.95 bits per heavy atom. The lowest BCUT2D eigenvalue weighted by Gasteiger charge is -2.14. The van der Waals surface area contributed by atoms with Gasteiger partial charge in [-0.2, -0.15) is 0 Å². The molecule has 19 heavy (non-hydrogen) atoms. The van der Waals surface area contributed by atoms with Gasteiger partial charge in [0.2, 0.25) is 0 Å². The van der Waals surface area contributed by atoms with Gasteiger partial charge >= 0.3 is 0 Å². The Kier molecular flexibility index (Phi) is 6.20. The molecule has 1 heterocycles. The summed E-state index contributed by atoms with van der Waals surface area (Å²) < 4.78 is 11.3. The largest absolute Gasteiger partial charge is 0.370 e. The second-order valence-corrected chi connectivity index (χ2v) is 7.19. The fraction of sp³-hybridized carbons (Fsp3) is 0.692. The molecular weight excluding hydrogens is 282 g/mol. The molecule has 0 bridgehead atoms. The Morgan fingerprint density at radius 3 is 2.47 bits per heavy atom. The number of anilines is 1. The van der Waals surface area contributed by atoms with E-state index in [0.29, 0.717) is 5.15 Å². The van der Waals surface area contributed by atoms with Crippen LogP contribution in [0.4, 0.5) is 5.82 Å². The van der Waals surface area contributed by atoms with Gasteiger partial charge in [-0.3, -0.25) is 4.21 Å². The minimum Gasteiger partial charge on any atom is -0.370 e. The van der Waals surface area contributed by atoms with Gasteiger partial charge in [-0.25, -0.2) is 9.97 Å². The smallest absolute Gasteiger partial charge is 0.137 e. The van der Waals surface area contributed by atoms with Crippen molar-refractivity contribution in [3.05, 3.63) is 16.5 Å². The summed E-state index contributed by atoms with van der Waals surface area (Å²) in [5, 5.41) is 3.93. The zero-order chi connectivity index (χ0) is 14.6. The third kappa shape index (κ3) is 4.73. The number of rotatable bonds is 6. The molecule has 0 amide bonds. The van der Waals surface area contributed by atoms with Crippen LogP contribution in [0.15, 0.2) is 0 Å². The van der Waals surface area contributed by atoms with E-state index >= 15 is 0 Å². The minimum absolute atomic E-state index is 0.176. The number of hydrogen-bond donors (Lipinski definition) is 1. The van der Waals surface area contributed by atoms with E-state index in [1.165, 1.54) is 0 Å². The lowest BCUT2D eigenvalue weighted by molar-refractivity contribution is 0.672. The molecule has 0 saturated carbocycles. The van der Waals surface area contributed by atoms with Gasteiger partial charge in [-0.05, 0) is 13.3 Å². The molecule has 0 spiro atoms. The molecule has 0 fully saturated rings. The maximum Gasteiger partial charge on any atom is 0.137 e. The van der Waals surface area contributed by atoms with Crippen molar-refractivity contribution < 1.29 is 4.21 Å². The number of aromatic nitrogens is 2. The van der Waals surface area contributed by atoms with Crippen molar-refractivity contribution >= 4 is 28.2 Å². The van der Waals surface area contributed by atoms with Crippen molar-refractivity contribution in [3.8, 4) is 0 Å². The molecule has 0 saturated heterocycles. The van der Waals surface area contributed by atoms with Gasteiger partial charge < -0.3 is 5.32 Å². The van der Waals surface area contributed by atoms with E-state index in [-0.39, 0.29) is 11.2 Å². The number of halogens is 1. The van der Waals surface area contributed by atoms with E-state index < -0.39 is 10.8 Å². The van der Waals surface area contributed by atoms with Gasteiger partial charge in [0.15, 0.2) is 0 Å². The average Bonchev–Trinajstić information content (AvgIpc) is 2.33. The van der Waals surface area contributed by atoms with Crippen molar-refractivity contribution in [2.24, 2.45) is 0 Å². The molecule has 1 aromatic rings. The molecule has 0 aliphatic rings. The van der Waals surface area contributed by atoms with Crippen LogP contribution in [0.5, 0.6) is 0 Å². The standard InChI is InChI=1S/C13H22ClN3OS/c1-8(2)12-16-11(14)10(4)13(17-12)15-7-6-9(3)19(5)18/h8-9H,6-7H2,1-5H3,(H,15,16,17). The summed E-state index contributed by atoms with van der Waals surface area (Å²) in [6, 6.07) is 0. The van der Waals surface area contributed by atoms with Crippen molar-refractivity contribution in [1.82, 2.24) is 9.97 Å². The molecule has 4 nitrogen and oxygen atoms in total. The van der Waals surface area contributed by atoms with Crippen molar-refractivity contribution in [1.29, 1.82) is 0 Å². The van der Waals surface area contributed by atoms with Crippen LogP contribution in [-0.4, -0.2) is 32.2 Å². The summed E-state index contributed by atoms with van der Waals surface area (Å²) in [6.07, 6.45) is 2.57. The first-order valence-electron chi connectivity index (χ1n) is 6.43. The molecule has 1 rings (SSSR count). The van der Waals surface area contributed by atoms with E-state index in [2.05, 4.69) is 15.3 Å². The molecule has 1 N–H and O–H groups in total. The SMILES string of the molecule is Cc1c(Cl)nc(C(C)C)nc1NCCC(C)S(C)=O. The molecule has 2 unspecified atom stereocenters. The summed E-state index contributed by atoms with van der Waals surface area (Å²) in [5.41, 5.74) is 0.858. The van der Waals surface area contributed by atoms with Crippen LogP contribution in [0.1, 0.15) is 44.5 Å². The van der Waals surface area contributed by atoms with Crippen molar-refractivity contribution in [3.63, 3.8) is 0 Å². The average molecular weight is 304 g/mol. The first-order valence-corrected chi connectivity index (χ1v) is 8.43. The third-order valence-electron chi connectivity index (χ3n) is 3.03. The van der Waals surface area contributed by atoms with Crippen LogP contribution in [0.2, 0.25) is 5.15 Å². The topological polar surface area (TPSA) is 54.9 Å². The van der Waals surface area contributed by atoms with Gasteiger partial charge in [0.25, 0.3) is 0 Å². The van der Waals surface area contributed by atoms with Crippen LogP contribution in [0, 0.1) is 6.92 Å². The lowest BCUT2D eigenvalue weighted by Crippen LogP contribution is -2.16. The zero-order valence-corrected chi connectivity index (χ0v) is 13.7. The fourth-order valence-electron chi connectivity index (χ4n) is 1.50. The monoisotopic (exact) mass is 303 g/mol. The predicted octanol–water partition coefficient (Wildman–Crippen LogP) is 3.13. The van der Waals surface area contributed by atoms with Gasteiger partial charge in [-0.1, -0.05) is 32.4 Å². The number of nitrogens with one attached hydrogen (secondary N) is 1. The van der Waals surface area contributed by atoms with E-state index in [1.54, 1.807) is 6.26 Å². The van der Waals surface area contributed by atoms with Gasteiger partial charge in [0.1, 0.15) is 16.8 Å². The molecule has 108 valence electrons. The Balaban J connectivity index is 2.75.